The molecule has 0 saturated heterocycles. The minimum atomic E-state index is -1.55. The normalized spacial score (nSPS) is 11.6. The molecule has 0 spiro atoms. The van der Waals surface area contributed by atoms with Crippen LogP contribution in [0.15, 0.2) is 24.6 Å². The van der Waals surface area contributed by atoms with E-state index in [0.29, 0.717) is 49.6 Å². The molecule has 0 amide bonds. The van der Waals surface area contributed by atoms with Crippen LogP contribution in [0, 0.1) is 0 Å². The van der Waals surface area contributed by atoms with Crippen LogP contribution in [0.25, 0.3) is 0 Å². The van der Waals surface area contributed by atoms with E-state index in [1.54, 1.807) is 0 Å². The first kappa shape index (κ1) is 72.6. The van der Waals surface area contributed by atoms with E-state index < -0.39 is 25.2 Å². The van der Waals surface area contributed by atoms with Gasteiger partial charge in [0.2, 0.25) is 0 Å². The summed E-state index contributed by atoms with van der Waals surface area (Å²) in [6.07, 6.45) is 2.40. The third-order valence-electron chi connectivity index (χ3n) is 4.46. The summed E-state index contributed by atoms with van der Waals surface area (Å²) in [5, 5.41) is 0. The van der Waals surface area contributed by atoms with Crippen molar-refractivity contribution in [3.63, 3.8) is 0 Å². The first-order chi connectivity index (χ1) is 12.0. The summed E-state index contributed by atoms with van der Waals surface area (Å²) in [4.78, 5) is 0. The molecule has 19 heteroatoms. The van der Waals surface area contributed by atoms with Crippen molar-refractivity contribution in [2.75, 3.05) is 0 Å². The molecule has 12 radical (unpaired) electrons. The number of hydrogen-bond acceptors (Lipinski definition) is 4. The van der Waals surface area contributed by atoms with E-state index in [1.165, 1.54) is 31.0 Å². The van der Waals surface area contributed by atoms with Crippen LogP contribution in [-0.4, -0.2) is 242 Å². The Labute approximate surface area is 342 Å². The van der Waals surface area contributed by atoms with Gasteiger partial charge >= 0.3 is 275 Å². The quantitative estimate of drug-likeness (QED) is 0.192. The third kappa shape index (κ3) is 42.9. The second-order valence-corrected chi connectivity index (χ2v) is 29.1. The molecule has 8 N–H and O–H groups in total. The summed E-state index contributed by atoms with van der Waals surface area (Å²) >= 11 is 2.51. The van der Waals surface area contributed by atoms with Crippen molar-refractivity contribution in [2.45, 2.75) is 71.4 Å². The SMILES string of the molecule is C=C[Si](C)(C=C)CC.CCC[Si](C)([O][InH2])[O][SnH].CCC[Si](C)([O][InH2])[O][SnH].O.O.O.O.[InH2].[InH2].[SnH].[SnH]. The monoisotopic (exact) mass is 1390 g/mol. The molecule has 0 aliphatic carbocycles. The first-order valence-corrected chi connectivity index (χ1v) is 24.4. The van der Waals surface area contributed by atoms with Crippen LogP contribution in [0.3, 0.4) is 0 Å². The van der Waals surface area contributed by atoms with Crippen LogP contribution in [0.5, 0.6) is 0 Å². The van der Waals surface area contributed by atoms with Gasteiger partial charge in [0.25, 0.3) is 0 Å². The van der Waals surface area contributed by atoms with E-state index in [0.717, 1.165) is 45.9 Å². The molecule has 0 fully saturated rings. The maximum atomic E-state index is 5.49. The second-order valence-electron chi connectivity index (χ2n) is 6.68. The fourth-order valence-corrected chi connectivity index (χ4v) is 23.3. The molecule has 34 heavy (non-hydrogen) atoms. The summed E-state index contributed by atoms with van der Waals surface area (Å²) in [6, 6.07) is 3.56. The van der Waals surface area contributed by atoms with E-state index in [1.807, 2.05) is 0 Å². The molecule has 0 saturated carbocycles. The zero-order chi connectivity index (χ0) is 21.3. The van der Waals surface area contributed by atoms with E-state index in [-0.39, 0.29) is 121 Å². The second kappa shape index (κ2) is 46.4. The van der Waals surface area contributed by atoms with Gasteiger partial charge in [-0.25, -0.2) is 0 Å². The predicted molar refractivity (Wildman–Crippen MR) is 177 cm³/mol. The Morgan fingerprint density at radius 1 is 0.706 bits per heavy atom. The summed E-state index contributed by atoms with van der Waals surface area (Å²) < 4.78 is 21.8. The molecular weight excluding hydrogens is 1330 g/mol. The van der Waals surface area contributed by atoms with E-state index >= 15 is 0 Å². The van der Waals surface area contributed by atoms with Gasteiger partial charge < -0.3 is 21.9 Å². The molecule has 2 unspecified atom stereocenters. The fourth-order valence-electron chi connectivity index (χ4n) is 1.70. The van der Waals surface area contributed by atoms with Crippen molar-refractivity contribution < 1.29 is 32.5 Å². The Morgan fingerprint density at radius 3 is 0.971 bits per heavy atom. The van der Waals surface area contributed by atoms with Crippen molar-refractivity contribution >= 4 is 220 Å². The van der Waals surface area contributed by atoms with Crippen LogP contribution in [0.1, 0.15) is 33.6 Å². The Balaban J connectivity index is -0.0000000232. The van der Waals surface area contributed by atoms with E-state index in [4.69, 9.17) is 10.6 Å². The average molecular weight is 1380 g/mol. The molecule has 2 atom stereocenters. The minimum absolute atomic E-state index is 0. The third-order valence-corrected chi connectivity index (χ3v) is 36.7. The average Bonchev–Trinajstić information content (AvgIpc) is 2.68. The molecule has 202 valence electrons. The molecule has 0 bridgehead atoms. The number of hydrogen-bond donors (Lipinski definition) is 0. The maximum absolute atomic E-state index is 5.49. The summed E-state index contributed by atoms with van der Waals surface area (Å²) in [5.41, 5.74) is 4.14. The summed E-state index contributed by atoms with van der Waals surface area (Å²) in [6.45, 7) is 20.7. The molecule has 0 aromatic heterocycles. The van der Waals surface area contributed by atoms with E-state index in [9.17, 15) is 0 Å². The molecule has 0 aliphatic heterocycles. The molecule has 0 aromatic carbocycles. The van der Waals surface area contributed by atoms with Crippen LogP contribution >= 0.6 is 0 Å². The fraction of sp³-hybridized carbons (Fsp3) is 0.733. The predicted octanol–water partition coefficient (Wildman–Crippen LogP) is -4.16. The zero-order valence-electron chi connectivity index (χ0n) is 23.5. The van der Waals surface area contributed by atoms with Crippen molar-refractivity contribution in [2.24, 2.45) is 0 Å². The Hall–Kier alpha value is 6.49. The Kier molecular flexibility index (Phi) is 99.2. The van der Waals surface area contributed by atoms with Gasteiger partial charge in [0.1, 0.15) is 0 Å². The van der Waals surface area contributed by atoms with Gasteiger partial charge in [-0.3, -0.25) is 0 Å². The van der Waals surface area contributed by atoms with Gasteiger partial charge in [0, 0.05) is 0 Å². The Bertz CT molecular complexity index is 357. The topological polar surface area (TPSA) is 163 Å². The van der Waals surface area contributed by atoms with Crippen molar-refractivity contribution in [3.05, 3.63) is 24.6 Å². The molecule has 0 aliphatic rings. The van der Waals surface area contributed by atoms with Crippen LogP contribution < -0.4 is 0 Å². The number of rotatable bonds is 11. The summed E-state index contributed by atoms with van der Waals surface area (Å²) in [5.74, 6) is 0. The molecule has 0 heterocycles. The van der Waals surface area contributed by atoms with Gasteiger partial charge in [0.05, 0.1) is 8.07 Å². The van der Waals surface area contributed by atoms with Gasteiger partial charge in [0.15, 0.2) is 0 Å². The molecular formula is C15H54In4O8Si3Sn4. The first-order valence-electron chi connectivity index (χ1n) is 9.18. The van der Waals surface area contributed by atoms with Gasteiger partial charge in [-0.15, -0.1) is 13.2 Å². The van der Waals surface area contributed by atoms with Crippen molar-refractivity contribution in [3.8, 4) is 0 Å². The summed E-state index contributed by atoms with van der Waals surface area (Å²) in [7, 11) is -4.24. The van der Waals surface area contributed by atoms with Crippen LogP contribution in [-0.2, 0) is 10.6 Å². The van der Waals surface area contributed by atoms with E-state index in [2.05, 4.69) is 65.0 Å². The molecule has 0 aromatic rings. The van der Waals surface area contributed by atoms with Crippen molar-refractivity contribution in [1.82, 2.24) is 0 Å². The van der Waals surface area contributed by atoms with Gasteiger partial charge in [-0.1, -0.05) is 30.9 Å². The molecule has 8 nitrogen and oxygen atoms in total. The van der Waals surface area contributed by atoms with Crippen LogP contribution in [0.2, 0.25) is 37.8 Å². The Morgan fingerprint density at radius 2 is 0.941 bits per heavy atom. The van der Waals surface area contributed by atoms with Gasteiger partial charge in [-0.2, -0.15) is 0 Å². The van der Waals surface area contributed by atoms with Gasteiger partial charge in [-0.05, 0) is 0 Å². The molecule has 0 rings (SSSR count). The van der Waals surface area contributed by atoms with Crippen molar-refractivity contribution in [1.29, 1.82) is 0 Å². The standard InChI is InChI=1S/C7H14Si.2C4H10O2Si.4In.4H2O.4Sn.12H/c1-5-8(4,6-2)7-3;2*1-3-4-7(2,5)6;;;;;;;;;;;;;;;;;;;;;;;;/h5-6H,1-2,7H2,3-4H3;2*3-4H2,1-2H3;;;;;4*1H2;;;;;;;;;;;;;;;;/q;2*-2;;;2*+1;;;;;;;2*+1;;;;;;;;;;;;. The van der Waals surface area contributed by atoms with Crippen LogP contribution in [0.4, 0.5) is 0 Å². The zero-order valence-corrected chi connectivity index (χ0v) is 62.6.